The van der Waals surface area contributed by atoms with Crippen LogP contribution in [0, 0.1) is 0 Å². The summed E-state index contributed by atoms with van der Waals surface area (Å²) < 4.78 is 35.2. The van der Waals surface area contributed by atoms with Gasteiger partial charge in [-0.2, -0.15) is 8.78 Å². The summed E-state index contributed by atoms with van der Waals surface area (Å²) in [6.07, 6.45) is -0.860. The van der Waals surface area contributed by atoms with Gasteiger partial charge in [0.1, 0.15) is 0 Å². The maximum atomic E-state index is 12.2. The summed E-state index contributed by atoms with van der Waals surface area (Å²) >= 11 is 0. The lowest BCUT2D eigenvalue weighted by molar-refractivity contribution is -0.193. The van der Waals surface area contributed by atoms with Crippen molar-refractivity contribution >= 4 is 11.8 Å². The molecule has 0 unspecified atom stereocenters. The summed E-state index contributed by atoms with van der Waals surface area (Å²) in [7, 11) is 0. The number of carbonyl (C=O) groups excluding carboxylic acids is 2. The highest BCUT2D eigenvalue weighted by Crippen LogP contribution is 2.19. The number of alkyl halides is 2. The van der Waals surface area contributed by atoms with Gasteiger partial charge in [0.25, 0.3) is 0 Å². The number of Topliss-reactive ketones (excluding diaryl/α,β-unsaturated/α-hetero) is 1. The topological polar surface area (TPSA) is 43.4 Å². The van der Waals surface area contributed by atoms with Gasteiger partial charge < -0.3 is 0 Å². The predicted molar refractivity (Wildman–Crippen MR) is 27.4 cm³/mol. The molecule has 6 heteroatoms. The Kier molecular flexibility index (Phi) is 3.03. The summed E-state index contributed by atoms with van der Waals surface area (Å²) in [5.41, 5.74) is 0. The monoisotopic (exact) mass is 170 g/mol. The maximum Gasteiger partial charge on any atom is 0.421 e. The molecular weight excluding hydrogens is 165 g/mol. The van der Waals surface area contributed by atoms with Gasteiger partial charge in [-0.05, 0) is 0 Å². The predicted octanol–water partition coefficient (Wildman–Crippen LogP) is 1.03. The fraction of sp³-hybridized carbons (Fsp3) is 0.600. The fourth-order valence-corrected chi connectivity index (χ4v) is 0.345. The fourth-order valence-electron chi connectivity index (χ4n) is 0.345. The minimum absolute atomic E-state index is 0.860. The highest BCUT2D eigenvalue weighted by Gasteiger charge is 2.42. The number of halogens is 3. The third-order valence-electron chi connectivity index (χ3n) is 1.03. The van der Waals surface area contributed by atoms with Gasteiger partial charge in [0.2, 0.25) is 0 Å². The standard InChI is InChI=1S/C5H5F3O3/c1-2-5(6,7)3(9)4(10)11-8/h2H2,1H3. The van der Waals surface area contributed by atoms with Crippen LogP contribution in [0.3, 0.4) is 0 Å². The van der Waals surface area contributed by atoms with Gasteiger partial charge in [0.15, 0.2) is 0 Å². The van der Waals surface area contributed by atoms with Crippen molar-refractivity contribution in [2.45, 2.75) is 19.3 Å². The molecular formula is C5H5F3O3. The second-order valence-corrected chi connectivity index (χ2v) is 1.75. The van der Waals surface area contributed by atoms with Gasteiger partial charge in [0.05, 0.1) is 0 Å². The molecule has 0 amide bonds. The molecule has 0 heterocycles. The number of carbonyl (C=O) groups is 2. The normalized spacial score (nSPS) is 10.9. The maximum absolute atomic E-state index is 12.2. The van der Waals surface area contributed by atoms with Crippen molar-refractivity contribution in [1.82, 2.24) is 0 Å². The lowest BCUT2D eigenvalue weighted by Gasteiger charge is -2.07. The zero-order chi connectivity index (χ0) is 9.07. The van der Waals surface area contributed by atoms with E-state index in [1.807, 2.05) is 0 Å². The Bertz CT molecular complexity index is 178. The number of hydrogen-bond donors (Lipinski definition) is 0. The molecule has 0 saturated heterocycles. The third-order valence-corrected chi connectivity index (χ3v) is 1.03. The van der Waals surface area contributed by atoms with Gasteiger partial charge in [-0.15, -0.1) is 0 Å². The Morgan fingerprint density at radius 3 is 2.18 bits per heavy atom. The van der Waals surface area contributed by atoms with Crippen molar-refractivity contribution < 1.29 is 27.8 Å². The van der Waals surface area contributed by atoms with E-state index in [2.05, 4.69) is 4.94 Å². The molecule has 0 aliphatic carbocycles. The van der Waals surface area contributed by atoms with Crippen LogP contribution in [0.2, 0.25) is 0 Å². The Hall–Kier alpha value is -1.07. The van der Waals surface area contributed by atoms with Gasteiger partial charge in [-0.3, -0.25) is 4.79 Å². The molecule has 0 aromatic heterocycles. The Morgan fingerprint density at radius 2 is 1.91 bits per heavy atom. The number of hydrogen-bond acceptors (Lipinski definition) is 3. The van der Waals surface area contributed by atoms with Gasteiger partial charge in [-0.25, -0.2) is 9.74 Å². The molecule has 3 nitrogen and oxygen atoms in total. The molecule has 0 saturated carbocycles. The first-order valence-electron chi connectivity index (χ1n) is 2.71. The molecule has 11 heavy (non-hydrogen) atoms. The minimum atomic E-state index is -3.83. The van der Waals surface area contributed by atoms with Crippen LogP contribution in [0.25, 0.3) is 0 Å². The van der Waals surface area contributed by atoms with E-state index < -0.39 is 24.1 Å². The largest absolute Gasteiger partial charge is 0.421 e. The Morgan fingerprint density at radius 1 is 1.45 bits per heavy atom. The van der Waals surface area contributed by atoms with E-state index in [0.29, 0.717) is 0 Å². The van der Waals surface area contributed by atoms with Crippen molar-refractivity contribution in [3.05, 3.63) is 0 Å². The van der Waals surface area contributed by atoms with E-state index in [-0.39, 0.29) is 0 Å². The number of ketones is 1. The van der Waals surface area contributed by atoms with Crippen LogP contribution in [0.5, 0.6) is 0 Å². The van der Waals surface area contributed by atoms with E-state index in [9.17, 15) is 22.9 Å². The number of rotatable bonds is 3. The molecule has 0 aromatic rings. The molecule has 0 atom stereocenters. The molecule has 0 spiro atoms. The SMILES string of the molecule is CCC(F)(F)C(=O)C(=O)OF. The molecule has 64 valence electrons. The highest BCUT2D eigenvalue weighted by molar-refractivity contribution is 6.36. The summed E-state index contributed by atoms with van der Waals surface area (Å²) in [5, 5.41) is 0. The van der Waals surface area contributed by atoms with Crippen LogP contribution in [-0.4, -0.2) is 17.7 Å². The van der Waals surface area contributed by atoms with Gasteiger partial charge in [0, 0.05) is 10.9 Å². The van der Waals surface area contributed by atoms with Gasteiger partial charge in [-0.1, -0.05) is 6.92 Å². The molecule has 0 aromatic carbocycles. The smallest absolute Gasteiger partial charge is 0.280 e. The average molecular weight is 170 g/mol. The van der Waals surface area contributed by atoms with Crippen LogP contribution in [0.1, 0.15) is 13.3 Å². The second-order valence-electron chi connectivity index (χ2n) is 1.75. The first-order valence-corrected chi connectivity index (χ1v) is 2.71. The summed E-state index contributed by atoms with van der Waals surface area (Å²) in [6.45, 7) is 0.989. The third kappa shape index (κ3) is 2.21. The van der Waals surface area contributed by atoms with Crippen molar-refractivity contribution in [3.63, 3.8) is 0 Å². The van der Waals surface area contributed by atoms with E-state index in [1.165, 1.54) is 0 Å². The zero-order valence-corrected chi connectivity index (χ0v) is 5.57. The lowest BCUT2D eigenvalue weighted by atomic mass is 10.2. The van der Waals surface area contributed by atoms with Crippen molar-refractivity contribution in [1.29, 1.82) is 0 Å². The Labute approximate surface area is 60.0 Å². The van der Waals surface area contributed by atoms with E-state index in [0.717, 1.165) is 6.92 Å². The van der Waals surface area contributed by atoms with E-state index >= 15 is 0 Å². The second kappa shape index (κ2) is 3.36. The molecule has 0 fully saturated rings. The molecule has 0 radical (unpaired) electrons. The van der Waals surface area contributed by atoms with Crippen molar-refractivity contribution in [2.75, 3.05) is 0 Å². The quantitative estimate of drug-likeness (QED) is 0.594. The molecule has 0 aliphatic rings. The van der Waals surface area contributed by atoms with E-state index in [4.69, 9.17) is 0 Å². The van der Waals surface area contributed by atoms with Crippen molar-refractivity contribution in [2.24, 2.45) is 0 Å². The lowest BCUT2D eigenvalue weighted by Crippen LogP contribution is -2.34. The first kappa shape index (κ1) is 9.93. The molecule has 0 aliphatic heterocycles. The van der Waals surface area contributed by atoms with Crippen LogP contribution < -0.4 is 0 Å². The van der Waals surface area contributed by atoms with E-state index in [1.54, 1.807) is 0 Å². The minimum Gasteiger partial charge on any atom is -0.280 e. The van der Waals surface area contributed by atoms with Crippen LogP contribution in [0.15, 0.2) is 0 Å². The summed E-state index contributed by atoms with van der Waals surface area (Å²) in [6, 6.07) is 0. The highest BCUT2D eigenvalue weighted by atomic mass is 19.3. The van der Waals surface area contributed by atoms with Crippen LogP contribution >= 0.6 is 0 Å². The Balaban J connectivity index is 4.36. The van der Waals surface area contributed by atoms with Crippen LogP contribution in [0.4, 0.5) is 13.3 Å². The molecule has 0 rings (SSSR count). The average Bonchev–Trinajstić information content (AvgIpc) is 2.01. The first-order chi connectivity index (χ1) is 4.95. The summed E-state index contributed by atoms with van der Waals surface area (Å²) in [4.78, 5) is 22.4. The summed E-state index contributed by atoms with van der Waals surface area (Å²) in [5.74, 6) is -8.16. The molecule has 0 bridgehead atoms. The zero-order valence-electron chi connectivity index (χ0n) is 5.57. The molecule has 0 N–H and O–H groups in total. The van der Waals surface area contributed by atoms with Crippen molar-refractivity contribution in [3.8, 4) is 0 Å². The van der Waals surface area contributed by atoms with Crippen LogP contribution in [-0.2, 0) is 14.5 Å². The van der Waals surface area contributed by atoms with Gasteiger partial charge >= 0.3 is 17.7 Å².